The lowest BCUT2D eigenvalue weighted by atomic mass is 10.0. The van der Waals surface area contributed by atoms with Crippen LogP contribution in [0.4, 0.5) is 4.39 Å². The molecule has 2 nitrogen and oxygen atoms in total. The lowest BCUT2D eigenvalue weighted by molar-refractivity contribution is 0.364. The summed E-state index contributed by atoms with van der Waals surface area (Å²) in [6.45, 7) is 1.05. The number of benzene rings is 1. The van der Waals surface area contributed by atoms with E-state index in [0.717, 1.165) is 29.4 Å². The molecule has 0 aliphatic heterocycles. The van der Waals surface area contributed by atoms with Crippen molar-refractivity contribution < 1.29 is 4.39 Å². The molecule has 0 aromatic heterocycles. The molecule has 1 aromatic rings. The summed E-state index contributed by atoms with van der Waals surface area (Å²) < 4.78 is 13.8. The molecule has 1 N–H and O–H groups in total. The van der Waals surface area contributed by atoms with Gasteiger partial charge in [0.25, 0.3) is 0 Å². The summed E-state index contributed by atoms with van der Waals surface area (Å²) in [6, 6.07) is 5.30. The van der Waals surface area contributed by atoms with Crippen LogP contribution in [0.2, 0.25) is 0 Å². The zero-order valence-electron chi connectivity index (χ0n) is 10.6. The molecule has 0 spiro atoms. The van der Waals surface area contributed by atoms with Gasteiger partial charge in [-0.3, -0.25) is 0 Å². The third-order valence-corrected chi connectivity index (χ3v) is 3.55. The quantitative estimate of drug-likeness (QED) is 0.869. The maximum Gasteiger partial charge on any atom is 0.124 e. The molecular weight excluding hydrogens is 283 g/mol. The maximum absolute atomic E-state index is 13.0. The maximum atomic E-state index is 13.0. The molecule has 1 atom stereocenters. The summed E-state index contributed by atoms with van der Waals surface area (Å²) in [5.74, 6) is -0.199. The van der Waals surface area contributed by atoms with Gasteiger partial charge in [0.1, 0.15) is 5.82 Å². The van der Waals surface area contributed by atoms with E-state index in [1.54, 1.807) is 0 Å². The fraction of sp³-hybridized carbons (Fsp3) is 0.538. The highest BCUT2D eigenvalue weighted by Gasteiger charge is 2.10. The minimum atomic E-state index is -0.199. The molecule has 0 aliphatic rings. The smallest absolute Gasteiger partial charge is 0.124 e. The van der Waals surface area contributed by atoms with Crippen molar-refractivity contribution in [3.8, 4) is 0 Å². The Morgan fingerprint density at radius 3 is 2.65 bits per heavy atom. The van der Waals surface area contributed by atoms with Gasteiger partial charge in [-0.05, 0) is 58.2 Å². The topological polar surface area (TPSA) is 15.3 Å². The standard InChI is InChI=1S/C13H20BrFN2/c1-16-12(6-7-17(2)3)8-10-4-5-11(15)9-13(10)14/h4-5,9,12,16H,6-8H2,1-3H3. The van der Waals surface area contributed by atoms with Gasteiger partial charge in [-0.1, -0.05) is 22.0 Å². The molecule has 96 valence electrons. The van der Waals surface area contributed by atoms with Gasteiger partial charge in [0.05, 0.1) is 0 Å². The van der Waals surface area contributed by atoms with Gasteiger partial charge in [-0.2, -0.15) is 0 Å². The zero-order valence-corrected chi connectivity index (χ0v) is 12.2. The van der Waals surface area contributed by atoms with E-state index in [-0.39, 0.29) is 5.82 Å². The van der Waals surface area contributed by atoms with Crippen molar-refractivity contribution in [3.05, 3.63) is 34.1 Å². The number of halogens is 2. The number of nitrogens with one attached hydrogen (secondary N) is 1. The van der Waals surface area contributed by atoms with E-state index in [1.165, 1.54) is 12.1 Å². The minimum absolute atomic E-state index is 0.199. The second-order valence-electron chi connectivity index (χ2n) is 4.52. The van der Waals surface area contributed by atoms with Gasteiger partial charge in [0.2, 0.25) is 0 Å². The third kappa shape index (κ3) is 5.15. The molecule has 1 rings (SSSR count). The third-order valence-electron chi connectivity index (χ3n) is 2.81. The highest BCUT2D eigenvalue weighted by Crippen LogP contribution is 2.20. The summed E-state index contributed by atoms with van der Waals surface area (Å²) in [5.41, 5.74) is 1.14. The summed E-state index contributed by atoms with van der Waals surface area (Å²) in [7, 11) is 6.11. The van der Waals surface area contributed by atoms with E-state index < -0.39 is 0 Å². The first-order valence-corrected chi connectivity index (χ1v) is 6.58. The Hall–Kier alpha value is -0.450. The Bertz CT molecular complexity index is 355. The Kier molecular flexibility index (Phi) is 6.09. The fourth-order valence-electron chi connectivity index (χ4n) is 1.72. The van der Waals surface area contributed by atoms with Gasteiger partial charge in [-0.25, -0.2) is 4.39 Å². The summed E-state index contributed by atoms with van der Waals surface area (Å²) in [5, 5.41) is 3.31. The van der Waals surface area contributed by atoms with Crippen molar-refractivity contribution in [2.75, 3.05) is 27.7 Å². The van der Waals surface area contributed by atoms with Gasteiger partial charge in [-0.15, -0.1) is 0 Å². The number of likely N-dealkylation sites (N-methyl/N-ethyl adjacent to an activating group) is 1. The molecule has 0 saturated heterocycles. The molecule has 1 aromatic carbocycles. The summed E-state index contributed by atoms with van der Waals surface area (Å²) in [4.78, 5) is 2.17. The number of hydrogen-bond donors (Lipinski definition) is 1. The van der Waals surface area contributed by atoms with E-state index in [1.807, 2.05) is 13.1 Å². The predicted octanol–water partition coefficient (Wildman–Crippen LogP) is 2.67. The van der Waals surface area contributed by atoms with Crippen molar-refractivity contribution in [2.24, 2.45) is 0 Å². The summed E-state index contributed by atoms with van der Waals surface area (Å²) >= 11 is 3.41. The predicted molar refractivity (Wildman–Crippen MR) is 73.8 cm³/mol. The van der Waals surface area contributed by atoms with Gasteiger partial charge in [0, 0.05) is 10.5 Å². The molecule has 0 aliphatic carbocycles. The molecule has 4 heteroatoms. The lowest BCUT2D eigenvalue weighted by Crippen LogP contribution is -2.31. The molecule has 0 saturated carbocycles. The van der Waals surface area contributed by atoms with Crippen LogP contribution >= 0.6 is 15.9 Å². The van der Waals surface area contributed by atoms with Crippen LogP contribution in [-0.4, -0.2) is 38.6 Å². The number of rotatable bonds is 6. The van der Waals surface area contributed by atoms with Crippen molar-refractivity contribution >= 4 is 15.9 Å². The lowest BCUT2D eigenvalue weighted by Gasteiger charge is -2.19. The average molecular weight is 303 g/mol. The first-order chi connectivity index (χ1) is 8.02. The van der Waals surface area contributed by atoms with Crippen LogP contribution in [-0.2, 0) is 6.42 Å². The molecular formula is C13H20BrFN2. The molecule has 0 fully saturated rings. The second-order valence-corrected chi connectivity index (χ2v) is 5.37. The van der Waals surface area contributed by atoms with Crippen LogP contribution in [0.15, 0.2) is 22.7 Å². The minimum Gasteiger partial charge on any atom is -0.317 e. The van der Waals surface area contributed by atoms with Crippen molar-refractivity contribution in [2.45, 2.75) is 18.9 Å². The molecule has 0 radical (unpaired) electrons. The van der Waals surface area contributed by atoms with Gasteiger partial charge in [0.15, 0.2) is 0 Å². The highest BCUT2D eigenvalue weighted by molar-refractivity contribution is 9.10. The largest absolute Gasteiger partial charge is 0.317 e. The van der Waals surface area contributed by atoms with E-state index in [9.17, 15) is 4.39 Å². The van der Waals surface area contributed by atoms with Crippen molar-refractivity contribution in [1.29, 1.82) is 0 Å². The first-order valence-electron chi connectivity index (χ1n) is 5.79. The van der Waals surface area contributed by atoms with Crippen LogP contribution in [0, 0.1) is 5.82 Å². The van der Waals surface area contributed by atoms with E-state index in [4.69, 9.17) is 0 Å². The van der Waals surface area contributed by atoms with E-state index in [0.29, 0.717) is 6.04 Å². The average Bonchev–Trinajstić information content (AvgIpc) is 2.26. The number of nitrogens with zero attached hydrogens (tertiary/aromatic N) is 1. The molecule has 1 unspecified atom stereocenters. The fourth-order valence-corrected chi connectivity index (χ4v) is 2.23. The molecule has 0 bridgehead atoms. The Morgan fingerprint density at radius 1 is 1.41 bits per heavy atom. The zero-order chi connectivity index (χ0) is 12.8. The molecule has 0 amide bonds. The number of hydrogen-bond acceptors (Lipinski definition) is 2. The van der Waals surface area contributed by atoms with Crippen LogP contribution in [0.3, 0.4) is 0 Å². The monoisotopic (exact) mass is 302 g/mol. The highest BCUT2D eigenvalue weighted by atomic mass is 79.9. The Balaban J connectivity index is 2.60. The normalized spacial score (nSPS) is 13.1. The molecule has 17 heavy (non-hydrogen) atoms. The Morgan fingerprint density at radius 2 is 2.12 bits per heavy atom. The van der Waals surface area contributed by atoms with E-state index in [2.05, 4.69) is 40.2 Å². The molecule has 0 heterocycles. The van der Waals surface area contributed by atoms with Crippen molar-refractivity contribution in [1.82, 2.24) is 10.2 Å². The van der Waals surface area contributed by atoms with Gasteiger partial charge < -0.3 is 10.2 Å². The first kappa shape index (κ1) is 14.6. The second kappa shape index (κ2) is 7.09. The Labute approximate surface area is 111 Å². The van der Waals surface area contributed by atoms with Gasteiger partial charge >= 0.3 is 0 Å². The van der Waals surface area contributed by atoms with Crippen molar-refractivity contribution in [3.63, 3.8) is 0 Å². The summed E-state index contributed by atoms with van der Waals surface area (Å²) in [6.07, 6.45) is 1.98. The van der Waals surface area contributed by atoms with Crippen LogP contribution in [0.25, 0.3) is 0 Å². The SMILES string of the molecule is CNC(CCN(C)C)Cc1ccc(F)cc1Br. The van der Waals surface area contributed by atoms with E-state index >= 15 is 0 Å². The van der Waals surface area contributed by atoms with Crippen LogP contribution in [0.1, 0.15) is 12.0 Å². The van der Waals surface area contributed by atoms with Crippen LogP contribution in [0.5, 0.6) is 0 Å². The van der Waals surface area contributed by atoms with Crippen LogP contribution < -0.4 is 5.32 Å².